The lowest BCUT2D eigenvalue weighted by atomic mass is 10.1. The highest BCUT2D eigenvalue weighted by Crippen LogP contribution is 2.26. The summed E-state index contributed by atoms with van der Waals surface area (Å²) in [5.74, 6) is 0.266. The van der Waals surface area contributed by atoms with Crippen LogP contribution >= 0.6 is 0 Å². The zero-order valence-electron chi connectivity index (χ0n) is 9.70. The molecule has 2 N–H and O–H groups in total. The summed E-state index contributed by atoms with van der Waals surface area (Å²) in [7, 11) is 0. The van der Waals surface area contributed by atoms with Gasteiger partial charge >= 0.3 is 0 Å². The van der Waals surface area contributed by atoms with Crippen molar-refractivity contribution in [1.29, 1.82) is 0 Å². The first-order chi connectivity index (χ1) is 8.33. The standard InChI is InChI=1S/C14H16N2O/c17-14(10-3-1-2-4-10)16-12-5-6-13-11(9-12)7-8-15-13/h1-2,5-6,9-10,15H,3-4,7-8H2,(H,16,17). The second-order valence-corrected chi connectivity index (χ2v) is 4.68. The number of fused-ring (bicyclic) bond motifs is 1. The summed E-state index contributed by atoms with van der Waals surface area (Å²) >= 11 is 0. The second-order valence-electron chi connectivity index (χ2n) is 4.68. The van der Waals surface area contributed by atoms with Crippen LogP contribution in [0.4, 0.5) is 11.4 Å². The topological polar surface area (TPSA) is 41.1 Å². The number of hydrogen-bond acceptors (Lipinski definition) is 2. The van der Waals surface area contributed by atoms with E-state index < -0.39 is 0 Å². The molecule has 1 aromatic rings. The minimum absolute atomic E-state index is 0.126. The van der Waals surface area contributed by atoms with Crippen molar-refractivity contribution in [2.24, 2.45) is 5.92 Å². The van der Waals surface area contributed by atoms with E-state index in [2.05, 4.69) is 28.9 Å². The van der Waals surface area contributed by atoms with E-state index in [-0.39, 0.29) is 11.8 Å². The quantitative estimate of drug-likeness (QED) is 0.764. The van der Waals surface area contributed by atoms with Crippen LogP contribution in [0.25, 0.3) is 0 Å². The van der Waals surface area contributed by atoms with E-state index in [9.17, 15) is 4.79 Å². The maximum absolute atomic E-state index is 11.9. The van der Waals surface area contributed by atoms with Gasteiger partial charge in [-0.2, -0.15) is 0 Å². The van der Waals surface area contributed by atoms with Gasteiger partial charge in [0.1, 0.15) is 0 Å². The Morgan fingerprint density at radius 2 is 2.12 bits per heavy atom. The molecule has 1 heterocycles. The van der Waals surface area contributed by atoms with Gasteiger partial charge in [-0.3, -0.25) is 4.79 Å². The fourth-order valence-corrected chi connectivity index (χ4v) is 2.46. The van der Waals surface area contributed by atoms with Gasteiger partial charge in [-0.05, 0) is 43.0 Å². The van der Waals surface area contributed by atoms with Gasteiger partial charge in [0.25, 0.3) is 0 Å². The predicted octanol–water partition coefficient (Wildman–Crippen LogP) is 2.56. The van der Waals surface area contributed by atoms with E-state index in [4.69, 9.17) is 0 Å². The summed E-state index contributed by atoms with van der Waals surface area (Å²) in [6.07, 6.45) is 6.95. The SMILES string of the molecule is O=C(Nc1ccc2c(c1)CCN2)C1CC=CC1. The van der Waals surface area contributed by atoms with Crippen LogP contribution in [-0.4, -0.2) is 12.5 Å². The molecule has 1 aromatic carbocycles. The fraction of sp³-hybridized carbons (Fsp3) is 0.357. The molecule has 0 unspecified atom stereocenters. The first kappa shape index (κ1) is 10.4. The number of amides is 1. The highest BCUT2D eigenvalue weighted by atomic mass is 16.1. The van der Waals surface area contributed by atoms with Crippen LogP contribution in [0.15, 0.2) is 30.4 Å². The first-order valence-corrected chi connectivity index (χ1v) is 6.15. The Morgan fingerprint density at radius 3 is 2.94 bits per heavy atom. The average Bonchev–Trinajstić information content (AvgIpc) is 2.99. The van der Waals surface area contributed by atoms with E-state index in [1.807, 2.05) is 12.1 Å². The van der Waals surface area contributed by atoms with Crippen molar-refractivity contribution >= 4 is 17.3 Å². The summed E-state index contributed by atoms with van der Waals surface area (Å²) in [6, 6.07) is 6.10. The lowest BCUT2D eigenvalue weighted by Crippen LogP contribution is -2.20. The van der Waals surface area contributed by atoms with Gasteiger partial charge < -0.3 is 10.6 Å². The summed E-state index contributed by atoms with van der Waals surface area (Å²) < 4.78 is 0. The number of carbonyl (C=O) groups is 1. The molecule has 3 nitrogen and oxygen atoms in total. The largest absolute Gasteiger partial charge is 0.384 e. The number of nitrogens with one attached hydrogen (secondary N) is 2. The summed E-state index contributed by atoms with van der Waals surface area (Å²) in [5.41, 5.74) is 3.42. The van der Waals surface area contributed by atoms with Gasteiger partial charge in [0.15, 0.2) is 0 Å². The zero-order chi connectivity index (χ0) is 11.7. The zero-order valence-corrected chi connectivity index (χ0v) is 9.70. The molecule has 2 aliphatic rings. The normalized spacial score (nSPS) is 17.9. The lowest BCUT2D eigenvalue weighted by molar-refractivity contribution is -0.119. The number of hydrogen-bond donors (Lipinski definition) is 2. The Labute approximate surface area is 101 Å². The number of rotatable bonds is 2. The molecule has 1 aliphatic heterocycles. The van der Waals surface area contributed by atoms with Crippen LogP contribution in [0.3, 0.4) is 0 Å². The highest BCUT2D eigenvalue weighted by Gasteiger charge is 2.19. The van der Waals surface area contributed by atoms with E-state index >= 15 is 0 Å². The smallest absolute Gasteiger partial charge is 0.228 e. The van der Waals surface area contributed by atoms with Crippen molar-refractivity contribution in [2.45, 2.75) is 19.3 Å². The van der Waals surface area contributed by atoms with Crippen molar-refractivity contribution in [3.05, 3.63) is 35.9 Å². The minimum Gasteiger partial charge on any atom is -0.384 e. The van der Waals surface area contributed by atoms with Gasteiger partial charge in [-0.15, -0.1) is 0 Å². The van der Waals surface area contributed by atoms with Crippen LogP contribution in [-0.2, 0) is 11.2 Å². The number of allylic oxidation sites excluding steroid dienone is 2. The summed E-state index contributed by atoms with van der Waals surface area (Å²) in [4.78, 5) is 11.9. The van der Waals surface area contributed by atoms with Crippen LogP contribution < -0.4 is 10.6 Å². The molecule has 0 saturated heterocycles. The van der Waals surface area contributed by atoms with Crippen LogP contribution in [0.5, 0.6) is 0 Å². The van der Waals surface area contributed by atoms with Gasteiger partial charge in [-0.1, -0.05) is 12.2 Å². The maximum atomic E-state index is 11.9. The van der Waals surface area contributed by atoms with Crippen LogP contribution in [0.1, 0.15) is 18.4 Å². The summed E-state index contributed by atoms with van der Waals surface area (Å²) in [5, 5.41) is 6.32. The van der Waals surface area contributed by atoms with Gasteiger partial charge in [0.05, 0.1) is 0 Å². The maximum Gasteiger partial charge on any atom is 0.228 e. The molecule has 3 rings (SSSR count). The molecule has 0 aromatic heterocycles. The third-order valence-electron chi connectivity index (χ3n) is 3.46. The third kappa shape index (κ3) is 2.05. The van der Waals surface area contributed by atoms with Crippen LogP contribution in [0, 0.1) is 5.92 Å². The molecule has 0 spiro atoms. The van der Waals surface area contributed by atoms with Crippen molar-refractivity contribution in [3.63, 3.8) is 0 Å². The Hall–Kier alpha value is -1.77. The molecule has 17 heavy (non-hydrogen) atoms. The fourth-order valence-electron chi connectivity index (χ4n) is 2.46. The molecule has 0 bridgehead atoms. The van der Waals surface area contributed by atoms with E-state index in [1.54, 1.807) is 0 Å². The Balaban J connectivity index is 1.70. The molecular weight excluding hydrogens is 212 g/mol. The molecule has 1 aliphatic carbocycles. The molecule has 0 saturated carbocycles. The van der Waals surface area contributed by atoms with Gasteiger partial charge in [-0.25, -0.2) is 0 Å². The molecular formula is C14H16N2O. The highest BCUT2D eigenvalue weighted by molar-refractivity contribution is 5.93. The molecule has 0 radical (unpaired) electrons. The number of carbonyl (C=O) groups excluding carboxylic acids is 1. The van der Waals surface area contributed by atoms with Crippen molar-refractivity contribution in [3.8, 4) is 0 Å². The second kappa shape index (κ2) is 4.24. The molecule has 1 amide bonds. The van der Waals surface area contributed by atoms with Gasteiger partial charge in [0.2, 0.25) is 5.91 Å². The number of anilines is 2. The van der Waals surface area contributed by atoms with Crippen molar-refractivity contribution in [1.82, 2.24) is 0 Å². The average molecular weight is 228 g/mol. The molecule has 0 fully saturated rings. The van der Waals surface area contributed by atoms with Gasteiger partial charge in [0, 0.05) is 23.8 Å². The lowest BCUT2D eigenvalue weighted by Gasteiger charge is -2.11. The van der Waals surface area contributed by atoms with E-state index in [1.165, 1.54) is 11.3 Å². The Kier molecular flexibility index (Phi) is 2.59. The van der Waals surface area contributed by atoms with Crippen molar-refractivity contribution < 1.29 is 4.79 Å². The van der Waals surface area contributed by atoms with Crippen LogP contribution in [0.2, 0.25) is 0 Å². The minimum atomic E-state index is 0.126. The summed E-state index contributed by atoms with van der Waals surface area (Å²) in [6.45, 7) is 0.999. The third-order valence-corrected chi connectivity index (χ3v) is 3.46. The monoisotopic (exact) mass is 228 g/mol. The molecule has 3 heteroatoms. The molecule has 88 valence electrons. The predicted molar refractivity (Wildman–Crippen MR) is 69.1 cm³/mol. The first-order valence-electron chi connectivity index (χ1n) is 6.15. The Morgan fingerprint density at radius 1 is 1.29 bits per heavy atom. The van der Waals surface area contributed by atoms with E-state index in [0.29, 0.717) is 0 Å². The molecule has 0 atom stereocenters. The Bertz CT molecular complexity index is 471. The van der Waals surface area contributed by atoms with E-state index in [0.717, 1.165) is 31.5 Å². The van der Waals surface area contributed by atoms with Crippen molar-refractivity contribution in [2.75, 3.05) is 17.2 Å². The number of benzene rings is 1.